The van der Waals surface area contributed by atoms with Crippen molar-refractivity contribution in [3.8, 4) is 5.75 Å². The molecule has 0 heterocycles. The Hall–Kier alpha value is -0.930. The molecular weight excluding hydrogens is 319 g/mol. The van der Waals surface area contributed by atoms with Gasteiger partial charge < -0.3 is 9.84 Å². The van der Waals surface area contributed by atoms with E-state index in [0.29, 0.717) is 27.4 Å². The van der Waals surface area contributed by atoms with Gasteiger partial charge in [0, 0.05) is 0 Å². The molecule has 2 aromatic rings. The van der Waals surface area contributed by atoms with E-state index in [1.165, 1.54) is 0 Å². The van der Waals surface area contributed by atoms with E-state index in [9.17, 15) is 5.11 Å². The number of benzene rings is 2. The van der Waals surface area contributed by atoms with Gasteiger partial charge in [0.25, 0.3) is 0 Å². The maximum absolute atomic E-state index is 9.48. The molecule has 106 valence electrons. The Morgan fingerprint density at radius 3 is 2.35 bits per heavy atom. The minimum absolute atomic E-state index is 0.338. The Bertz CT molecular complexity index is 612. The van der Waals surface area contributed by atoms with Crippen molar-refractivity contribution in [3.63, 3.8) is 0 Å². The van der Waals surface area contributed by atoms with Gasteiger partial charge in [-0.15, -0.1) is 0 Å². The smallest absolute Gasteiger partial charge is 0.138 e. The maximum atomic E-state index is 9.48. The van der Waals surface area contributed by atoms with Crippen LogP contribution in [0.25, 0.3) is 0 Å². The summed E-state index contributed by atoms with van der Waals surface area (Å²) < 4.78 is 5.64. The number of aliphatic hydroxyl groups excluding tert-OH is 1. The number of hydrogen-bond acceptors (Lipinski definition) is 2. The molecule has 2 nitrogen and oxygen atoms in total. The van der Waals surface area contributed by atoms with Crippen molar-refractivity contribution in [2.75, 3.05) is 0 Å². The molecule has 0 bridgehead atoms. The van der Waals surface area contributed by atoms with Crippen LogP contribution in [0.15, 0.2) is 36.4 Å². The van der Waals surface area contributed by atoms with Gasteiger partial charge in [-0.3, -0.25) is 0 Å². The molecule has 0 aliphatic carbocycles. The van der Waals surface area contributed by atoms with Crippen molar-refractivity contribution in [1.82, 2.24) is 0 Å². The summed E-state index contributed by atoms with van der Waals surface area (Å²) in [4.78, 5) is 0. The molecule has 0 aliphatic heterocycles. The first-order valence-electron chi connectivity index (χ1n) is 6.01. The third-order valence-electron chi connectivity index (χ3n) is 2.82. The van der Waals surface area contributed by atoms with E-state index >= 15 is 0 Å². The van der Waals surface area contributed by atoms with Crippen molar-refractivity contribution >= 4 is 34.8 Å². The highest BCUT2D eigenvalue weighted by Crippen LogP contribution is 2.29. The Balaban J connectivity index is 2.09. The van der Waals surface area contributed by atoms with Crippen LogP contribution in [0.5, 0.6) is 5.75 Å². The molecule has 2 rings (SSSR count). The molecule has 0 saturated heterocycles. The zero-order valence-electron chi connectivity index (χ0n) is 10.7. The van der Waals surface area contributed by atoms with Crippen LogP contribution >= 0.6 is 34.8 Å². The Morgan fingerprint density at radius 1 is 1.00 bits per heavy atom. The maximum Gasteiger partial charge on any atom is 0.138 e. The van der Waals surface area contributed by atoms with Crippen molar-refractivity contribution in [2.24, 2.45) is 0 Å². The predicted molar refractivity (Wildman–Crippen MR) is 82.9 cm³/mol. The molecule has 1 N–H and O–H groups in total. The van der Waals surface area contributed by atoms with E-state index in [2.05, 4.69) is 0 Å². The first-order chi connectivity index (χ1) is 9.47. The summed E-state index contributed by atoms with van der Waals surface area (Å²) in [6.07, 6.45) is -0.559. The quantitative estimate of drug-likeness (QED) is 0.826. The number of ether oxygens (including phenoxy) is 1. The van der Waals surface area contributed by atoms with Crippen molar-refractivity contribution in [3.05, 3.63) is 62.6 Å². The minimum atomic E-state index is -0.559. The molecule has 1 atom stereocenters. The van der Waals surface area contributed by atoms with Crippen LogP contribution < -0.4 is 4.74 Å². The van der Waals surface area contributed by atoms with E-state index in [1.807, 2.05) is 6.07 Å². The summed E-state index contributed by atoms with van der Waals surface area (Å²) in [5.41, 5.74) is 1.65. The lowest BCUT2D eigenvalue weighted by Gasteiger charge is -2.11. The highest BCUT2D eigenvalue weighted by Gasteiger charge is 2.07. The molecular formula is C15H13Cl3O2. The normalized spacial score (nSPS) is 12.2. The van der Waals surface area contributed by atoms with Gasteiger partial charge in [0.1, 0.15) is 12.4 Å². The standard InChI is InChI=1S/C15H13Cl3O2/c1-9(19)11-3-5-15(14(18)7-11)20-8-10-2-4-12(16)13(17)6-10/h2-7,9,19H,8H2,1H3/t9-/m0/s1. The van der Waals surface area contributed by atoms with Gasteiger partial charge >= 0.3 is 0 Å². The van der Waals surface area contributed by atoms with Crippen molar-refractivity contribution in [2.45, 2.75) is 19.6 Å². The molecule has 0 unspecified atom stereocenters. The van der Waals surface area contributed by atoms with Crippen LogP contribution in [-0.2, 0) is 6.61 Å². The van der Waals surface area contributed by atoms with E-state index in [1.54, 1.807) is 37.3 Å². The Kier molecular flexibility index (Phi) is 5.17. The topological polar surface area (TPSA) is 29.5 Å². The number of rotatable bonds is 4. The second-order valence-corrected chi connectivity index (χ2v) is 5.62. The zero-order valence-corrected chi connectivity index (χ0v) is 13.0. The summed E-state index contributed by atoms with van der Waals surface area (Å²) in [6, 6.07) is 10.5. The van der Waals surface area contributed by atoms with Gasteiger partial charge in [-0.25, -0.2) is 0 Å². The summed E-state index contributed by atoms with van der Waals surface area (Å²) in [6.45, 7) is 2.02. The third kappa shape index (κ3) is 3.80. The van der Waals surface area contributed by atoms with Gasteiger partial charge in [-0.2, -0.15) is 0 Å². The lowest BCUT2D eigenvalue weighted by Crippen LogP contribution is -1.97. The first kappa shape index (κ1) is 15.5. The highest BCUT2D eigenvalue weighted by atomic mass is 35.5. The van der Waals surface area contributed by atoms with Gasteiger partial charge in [-0.1, -0.05) is 46.9 Å². The molecule has 0 aromatic heterocycles. The fourth-order valence-electron chi connectivity index (χ4n) is 1.68. The first-order valence-corrected chi connectivity index (χ1v) is 7.15. The molecule has 0 fully saturated rings. The van der Waals surface area contributed by atoms with E-state index < -0.39 is 6.10 Å². The molecule has 0 radical (unpaired) electrons. The monoisotopic (exact) mass is 330 g/mol. The van der Waals surface area contributed by atoms with Crippen molar-refractivity contribution in [1.29, 1.82) is 0 Å². The summed E-state index contributed by atoms with van der Waals surface area (Å²) in [5.74, 6) is 0.558. The largest absolute Gasteiger partial charge is 0.487 e. The lowest BCUT2D eigenvalue weighted by atomic mass is 10.1. The third-order valence-corrected chi connectivity index (χ3v) is 3.85. The Morgan fingerprint density at radius 2 is 1.75 bits per heavy atom. The number of hydrogen-bond donors (Lipinski definition) is 1. The molecule has 2 aromatic carbocycles. The van der Waals surface area contributed by atoms with Crippen LogP contribution in [0.2, 0.25) is 15.1 Å². The summed E-state index contributed by atoms with van der Waals surface area (Å²) in [7, 11) is 0. The van der Waals surface area contributed by atoms with Crippen LogP contribution in [0, 0.1) is 0 Å². The molecule has 0 saturated carbocycles. The van der Waals surface area contributed by atoms with Gasteiger partial charge in [0.05, 0.1) is 21.2 Å². The molecule has 0 amide bonds. The predicted octanol–water partition coefficient (Wildman–Crippen LogP) is 5.28. The van der Waals surface area contributed by atoms with Gasteiger partial charge in [0.2, 0.25) is 0 Å². The second-order valence-electron chi connectivity index (χ2n) is 4.40. The fraction of sp³-hybridized carbons (Fsp3) is 0.200. The summed E-state index contributed by atoms with van der Waals surface area (Å²) in [5, 5.41) is 10.9. The molecule has 0 spiro atoms. The second kappa shape index (κ2) is 6.68. The lowest BCUT2D eigenvalue weighted by molar-refractivity contribution is 0.199. The fourth-order valence-corrected chi connectivity index (χ4v) is 2.25. The van der Waals surface area contributed by atoms with Crippen LogP contribution in [0.4, 0.5) is 0 Å². The molecule has 0 aliphatic rings. The highest BCUT2D eigenvalue weighted by molar-refractivity contribution is 6.42. The van der Waals surface area contributed by atoms with E-state index in [-0.39, 0.29) is 0 Å². The van der Waals surface area contributed by atoms with E-state index in [4.69, 9.17) is 39.5 Å². The van der Waals surface area contributed by atoms with Crippen molar-refractivity contribution < 1.29 is 9.84 Å². The number of aliphatic hydroxyl groups is 1. The van der Waals surface area contributed by atoms with Crippen LogP contribution in [-0.4, -0.2) is 5.11 Å². The zero-order chi connectivity index (χ0) is 14.7. The molecule has 20 heavy (non-hydrogen) atoms. The average molecular weight is 332 g/mol. The Labute approximate surface area is 132 Å². The van der Waals surface area contributed by atoms with Gasteiger partial charge in [0.15, 0.2) is 0 Å². The minimum Gasteiger partial charge on any atom is -0.487 e. The van der Waals surface area contributed by atoms with Crippen LogP contribution in [0.1, 0.15) is 24.2 Å². The molecule has 5 heteroatoms. The van der Waals surface area contributed by atoms with Gasteiger partial charge in [-0.05, 0) is 42.3 Å². The average Bonchev–Trinajstić information content (AvgIpc) is 2.41. The summed E-state index contributed by atoms with van der Waals surface area (Å²) >= 11 is 17.9. The number of halogens is 3. The van der Waals surface area contributed by atoms with E-state index in [0.717, 1.165) is 11.1 Å². The van der Waals surface area contributed by atoms with Crippen LogP contribution in [0.3, 0.4) is 0 Å². The SMILES string of the molecule is C[C@H](O)c1ccc(OCc2ccc(Cl)c(Cl)c2)c(Cl)c1.